The minimum absolute atomic E-state index is 0.0796. The van der Waals surface area contributed by atoms with Crippen molar-refractivity contribution in [3.63, 3.8) is 0 Å². The molecule has 1 aliphatic heterocycles. The van der Waals surface area contributed by atoms with E-state index in [4.69, 9.17) is 80.6 Å². The van der Waals surface area contributed by atoms with Gasteiger partial charge in [-0.2, -0.15) is 5.10 Å². The highest BCUT2D eigenvalue weighted by Gasteiger charge is 2.33. The van der Waals surface area contributed by atoms with Crippen LogP contribution in [0, 0.1) is 0 Å². The number of carboxylic acids is 2. The van der Waals surface area contributed by atoms with Gasteiger partial charge in [0.05, 0.1) is 27.5 Å². The fraction of sp³-hybridized carbons (Fsp3) is 0.0625. The lowest BCUT2D eigenvalue weighted by molar-refractivity contribution is -0.146. The van der Waals surface area contributed by atoms with Crippen molar-refractivity contribution in [1.29, 1.82) is 0 Å². The Bertz CT molecular complexity index is 1800. The van der Waals surface area contributed by atoms with Crippen LogP contribution in [0.2, 0.25) is 30.1 Å². The number of aliphatic carboxylic acids is 2. The Labute approximate surface area is 299 Å². The minimum Gasteiger partial charge on any atom is -0.477 e. The SMILES string of the molecule is NNc1ccc(Cl)cc1Cl.O=C(O)C(=O)/C=C/c1ccc(Cl)cc1.O=C(O)C1=NN(c2ccc(Cl)cc2Cl)C(c2ccc(Cl)cc2)C1. The number of nitrogens with zero attached hydrogens (tertiary/aromatic N) is 2. The van der Waals surface area contributed by atoms with Gasteiger partial charge in [-0.05, 0) is 77.9 Å². The highest BCUT2D eigenvalue weighted by atomic mass is 35.5. The Morgan fingerprint density at radius 1 is 0.766 bits per heavy atom. The van der Waals surface area contributed by atoms with Crippen LogP contribution >= 0.6 is 69.6 Å². The van der Waals surface area contributed by atoms with Crippen molar-refractivity contribution < 1.29 is 24.6 Å². The van der Waals surface area contributed by atoms with Crippen LogP contribution in [0.25, 0.3) is 6.08 Å². The number of carbonyl (C=O) groups is 3. The van der Waals surface area contributed by atoms with Gasteiger partial charge in [0.25, 0.3) is 5.78 Å². The normalized spacial score (nSPS) is 13.6. The molecule has 9 nitrogen and oxygen atoms in total. The quantitative estimate of drug-likeness (QED) is 0.0632. The Balaban J connectivity index is 0.000000213. The van der Waals surface area contributed by atoms with Crippen LogP contribution in [0.1, 0.15) is 23.6 Å². The van der Waals surface area contributed by atoms with Gasteiger partial charge >= 0.3 is 11.9 Å². The van der Waals surface area contributed by atoms with Crippen LogP contribution in [0.5, 0.6) is 0 Å². The van der Waals surface area contributed by atoms with Crippen molar-refractivity contribution >= 4 is 110 Å². The maximum absolute atomic E-state index is 11.3. The van der Waals surface area contributed by atoms with E-state index in [1.165, 1.54) is 6.08 Å². The number of benzene rings is 4. The number of nitrogens with one attached hydrogen (secondary N) is 1. The number of nitrogens with two attached hydrogens (primary N) is 1. The molecule has 0 saturated heterocycles. The summed E-state index contributed by atoms with van der Waals surface area (Å²) in [6.07, 6.45) is 2.70. The Hall–Kier alpha value is -3.80. The molecule has 0 aromatic heterocycles. The van der Waals surface area contributed by atoms with E-state index in [1.54, 1.807) is 77.8 Å². The molecule has 1 atom stereocenters. The van der Waals surface area contributed by atoms with Crippen LogP contribution in [0.4, 0.5) is 11.4 Å². The van der Waals surface area contributed by atoms with Crippen LogP contribution < -0.4 is 16.3 Å². The average Bonchev–Trinajstić information content (AvgIpc) is 3.47. The number of ketones is 1. The molecule has 244 valence electrons. The Morgan fingerprint density at radius 2 is 1.30 bits per heavy atom. The molecule has 0 radical (unpaired) electrons. The second kappa shape index (κ2) is 17.9. The molecule has 0 aliphatic carbocycles. The first kappa shape index (κ1) is 37.7. The van der Waals surface area contributed by atoms with E-state index < -0.39 is 17.7 Å². The van der Waals surface area contributed by atoms with Crippen molar-refractivity contribution in [3.8, 4) is 0 Å². The molecule has 0 spiro atoms. The van der Waals surface area contributed by atoms with Crippen molar-refractivity contribution in [2.24, 2.45) is 10.9 Å². The second-order valence-corrected chi connectivity index (χ2v) is 11.9. The van der Waals surface area contributed by atoms with Crippen molar-refractivity contribution in [2.45, 2.75) is 12.5 Å². The lowest BCUT2D eigenvalue weighted by Crippen LogP contribution is -2.19. The number of anilines is 2. The van der Waals surface area contributed by atoms with Gasteiger partial charge in [0.2, 0.25) is 0 Å². The summed E-state index contributed by atoms with van der Waals surface area (Å²) in [5.41, 5.74) is 5.42. The molecule has 0 fully saturated rings. The van der Waals surface area contributed by atoms with Crippen molar-refractivity contribution in [1.82, 2.24) is 0 Å². The summed E-state index contributed by atoms with van der Waals surface area (Å²) in [5, 5.41) is 26.6. The van der Waals surface area contributed by atoms with E-state index >= 15 is 0 Å². The van der Waals surface area contributed by atoms with E-state index in [9.17, 15) is 19.5 Å². The Kier molecular flexibility index (Phi) is 14.4. The summed E-state index contributed by atoms with van der Waals surface area (Å²) in [7, 11) is 0. The van der Waals surface area contributed by atoms with Gasteiger partial charge in [0.1, 0.15) is 5.71 Å². The second-order valence-electron chi connectivity index (χ2n) is 9.39. The molecular weight excluding hydrogens is 733 g/mol. The van der Waals surface area contributed by atoms with E-state index in [2.05, 4.69) is 10.5 Å². The number of halogens is 6. The predicted octanol–water partition coefficient (Wildman–Crippen LogP) is 9.32. The van der Waals surface area contributed by atoms with Crippen LogP contribution in [-0.4, -0.2) is 33.6 Å². The van der Waals surface area contributed by atoms with Crippen molar-refractivity contribution in [2.75, 3.05) is 10.4 Å². The lowest BCUT2D eigenvalue weighted by Gasteiger charge is -2.25. The Morgan fingerprint density at radius 3 is 1.81 bits per heavy atom. The van der Waals surface area contributed by atoms with Gasteiger partial charge < -0.3 is 15.6 Å². The number of nitrogen functional groups attached to an aromatic ring is 1. The molecule has 0 amide bonds. The molecule has 4 aromatic carbocycles. The predicted molar refractivity (Wildman–Crippen MR) is 190 cm³/mol. The van der Waals surface area contributed by atoms with E-state index in [-0.39, 0.29) is 18.2 Å². The van der Waals surface area contributed by atoms with Crippen LogP contribution in [0.3, 0.4) is 0 Å². The maximum atomic E-state index is 11.3. The van der Waals surface area contributed by atoms with Crippen molar-refractivity contribution in [3.05, 3.63) is 132 Å². The number of hydrogen-bond donors (Lipinski definition) is 4. The molecule has 5 rings (SSSR count). The van der Waals surface area contributed by atoms with Gasteiger partial charge in [0.15, 0.2) is 0 Å². The summed E-state index contributed by atoms with van der Waals surface area (Å²) in [5.74, 6) is 1.67. The number of hydrogen-bond acceptors (Lipinski definition) is 7. The van der Waals surface area contributed by atoms with E-state index in [1.807, 2.05) is 12.1 Å². The summed E-state index contributed by atoms with van der Waals surface area (Å²) < 4.78 is 0. The molecule has 1 aliphatic rings. The zero-order valence-electron chi connectivity index (χ0n) is 23.9. The van der Waals surface area contributed by atoms with Gasteiger partial charge in [-0.15, -0.1) is 0 Å². The number of carboxylic acid groups (broad SMARTS) is 2. The zero-order valence-corrected chi connectivity index (χ0v) is 28.4. The zero-order chi connectivity index (χ0) is 34.7. The van der Waals surface area contributed by atoms with Crippen LogP contribution in [-0.2, 0) is 14.4 Å². The van der Waals surface area contributed by atoms with E-state index in [0.717, 1.165) is 17.2 Å². The van der Waals surface area contributed by atoms with Gasteiger partial charge in [-0.25, -0.2) is 9.59 Å². The third kappa shape index (κ3) is 11.4. The molecule has 1 unspecified atom stereocenters. The van der Waals surface area contributed by atoms with Gasteiger partial charge in [0, 0.05) is 26.5 Å². The first-order valence-electron chi connectivity index (χ1n) is 13.2. The fourth-order valence-corrected chi connectivity index (χ4v) is 5.11. The first-order chi connectivity index (χ1) is 22.3. The molecule has 4 aromatic rings. The monoisotopic (exact) mass is 754 g/mol. The third-order valence-corrected chi connectivity index (χ3v) is 7.75. The number of rotatable bonds is 7. The summed E-state index contributed by atoms with van der Waals surface area (Å²) in [6.45, 7) is 0. The number of carbonyl (C=O) groups excluding carboxylic acids is 1. The molecule has 0 saturated carbocycles. The highest BCUT2D eigenvalue weighted by Crippen LogP contribution is 2.39. The summed E-state index contributed by atoms with van der Waals surface area (Å²) in [4.78, 5) is 32.1. The van der Waals surface area contributed by atoms with E-state index in [0.29, 0.717) is 41.5 Å². The smallest absolute Gasteiger partial charge is 0.376 e. The molecular formula is C32H24Cl6N4O5. The lowest BCUT2D eigenvalue weighted by atomic mass is 10.0. The molecule has 47 heavy (non-hydrogen) atoms. The summed E-state index contributed by atoms with van der Waals surface area (Å²) >= 11 is 35.1. The molecule has 5 N–H and O–H groups in total. The summed E-state index contributed by atoms with van der Waals surface area (Å²) in [6, 6.07) is 23.7. The number of hydrazone groups is 1. The van der Waals surface area contributed by atoms with Gasteiger partial charge in [-0.3, -0.25) is 15.6 Å². The fourth-order valence-electron chi connectivity index (χ4n) is 3.90. The van der Waals surface area contributed by atoms with Gasteiger partial charge in [-0.1, -0.05) is 99.9 Å². The highest BCUT2D eigenvalue weighted by molar-refractivity contribution is 6.39. The average molecular weight is 757 g/mol. The largest absolute Gasteiger partial charge is 0.477 e. The topological polar surface area (TPSA) is 145 Å². The minimum atomic E-state index is -1.46. The molecule has 15 heteroatoms. The standard InChI is InChI=1S/C16H11Cl3N2O2.C10H7ClO3.C6H6Cl2N2/c17-10-3-1-9(2-4-10)15-8-13(16(22)23)20-21(15)14-6-5-11(18)7-12(14)19;11-8-4-1-7(2-5-8)3-6-9(12)10(13)14;7-4-1-2-6(10-9)5(8)3-4/h1-7,15H,8H2,(H,22,23);1-6H,(H,13,14);1-3,10H,9H2/b;6-3+;. The third-order valence-electron chi connectivity index (χ3n) is 6.16. The first-order valence-corrected chi connectivity index (χ1v) is 15.5. The molecule has 0 bridgehead atoms. The maximum Gasteiger partial charge on any atom is 0.376 e. The molecule has 1 heterocycles. The number of hydrazine groups is 1. The van der Waals surface area contributed by atoms with Crippen LogP contribution in [0.15, 0.2) is 96.1 Å².